The number of nitrogens with zero attached hydrogens (tertiary/aromatic N) is 7. The van der Waals surface area contributed by atoms with Crippen molar-refractivity contribution in [1.29, 1.82) is 5.26 Å². The van der Waals surface area contributed by atoms with Gasteiger partial charge in [0.25, 0.3) is 0 Å². The van der Waals surface area contributed by atoms with E-state index in [4.69, 9.17) is 14.8 Å². The Labute approximate surface area is 228 Å². The average molecular weight is 539 g/mol. The second-order valence-electron chi connectivity index (χ2n) is 9.01. The molecule has 0 unspecified atom stereocenters. The predicted molar refractivity (Wildman–Crippen MR) is 147 cm³/mol. The molecule has 1 aliphatic rings. The lowest BCUT2D eigenvalue weighted by atomic mass is 10.1. The Morgan fingerprint density at radius 3 is 2.67 bits per heavy atom. The third-order valence-electron chi connectivity index (χ3n) is 6.43. The Morgan fingerprint density at radius 1 is 1.08 bits per heavy atom. The largest absolute Gasteiger partial charge is 0.497 e. The van der Waals surface area contributed by atoms with Crippen molar-refractivity contribution in [2.45, 2.75) is 19.5 Å². The summed E-state index contributed by atoms with van der Waals surface area (Å²) in [5.41, 5.74) is 4.55. The minimum absolute atomic E-state index is 0.287. The van der Waals surface area contributed by atoms with E-state index in [1.165, 1.54) is 11.3 Å². The average Bonchev–Trinajstić information content (AvgIpc) is 3.53. The topological polar surface area (TPSA) is 105 Å². The second-order valence-corrected chi connectivity index (χ2v) is 10.1. The molecule has 0 bridgehead atoms. The maximum absolute atomic E-state index is 13.3. The lowest BCUT2D eigenvalue weighted by Crippen LogP contribution is -2.27. The molecule has 0 saturated heterocycles. The minimum atomic E-state index is -0.496. The van der Waals surface area contributed by atoms with Crippen LogP contribution < -0.4 is 15.0 Å². The van der Waals surface area contributed by atoms with E-state index < -0.39 is 5.82 Å². The first-order valence-corrected chi connectivity index (χ1v) is 13.1. The molecular weight excluding hydrogens is 515 g/mol. The van der Waals surface area contributed by atoms with Gasteiger partial charge < -0.3 is 15.0 Å². The quantitative estimate of drug-likeness (QED) is 0.303. The van der Waals surface area contributed by atoms with E-state index in [9.17, 15) is 9.65 Å². The number of methoxy groups -OCH3 is 1. The number of nitriles is 1. The van der Waals surface area contributed by atoms with E-state index in [1.807, 2.05) is 59.4 Å². The normalized spacial score (nSPS) is 12.3. The van der Waals surface area contributed by atoms with Gasteiger partial charge in [-0.25, -0.2) is 24.0 Å². The fraction of sp³-hybridized carbons (Fsp3) is 0.179. The number of ether oxygens (including phenoxy) is 1. The lowest BCUT2D eigenvalue weighted by Gasteiger charge is -2.25. The van der Waals surface area contributed by atoms with Crippen LogP contribution in [0.25, 0.3) is 11.3 Å². The summed E-state index contributed by atoms with van der Waals surface area (Å²) in [7, 11) is 1.65. The molecular formula is C28H23FN8OS. The maximum Gasteiger partial charge on any atom is 0.229 e. The van der Waals surface area contributed by atoms with Crippen LogP contribution in [0.2, 0.25) is 0 Å². The van der Waals surface area contributed by atoms with Gasteiger partial charge >= 0.3 is 0 Å². The molecule has 0 amide bonds. The van der Waals surface area contributed by atoms with Gasteiger partial charge in [0.05, 0.1) is 55.1 Å². The van der Waals surface area contributed by atoms with Gasteiger partial charge in [0.1, 0.15) is 11.6 Å². The fourth-order valence-electron chi connectivity index (χ4n) is 4.61. The van der Waals surface area contributed by atoms with Crippen LogP contribution in [0.1, 0.15) is 21.6 Å². The highest BCUT2D eigenvalue weighted by Gasteiger charge is 2.28. The molecule has 1 aliphatic heterocycles. The molecule has 0 saturated carbocycles. The highest BCUT2D eigenvalue weighted by Crippen LogP contribution is 2.41. The number of hydrogen-bond donors (Lipinski definition) is 1. The zero-order valence-electron chi connectivity index (χ0n) is 21.0. The number of rotatable bonds is 7. The smallest absolute Gasteiger partial charge is 0.229 e. The van der Waals surface area contributed by atoms with E-state index in [-0.39, 0.29) is 5.95 Å². The zero-order chi connectivity index (χ0) is 26.8. The van der Waals surface area contributed by atoms with Crippen LogP contribution in [-0.4, -0.2) is 38.4 Å². The van der Waals surface area contributed by atoms with Crippen LogP contribution in [0.4, 0.5) is 21.3 Å². The molecule has 0 spiro atoms. The van der Waals surface area contributed by atoms with Crippen LogP contribution in [0, 0.1) is 17.1 Å². The zero-order valence-corrected chi connectivity index (χ0v) is 21.8. The SMILES string of the molecule is COc1ccc(Cn2ncc3c2N(Cc2cccc(C#N)c2)CCc2sc(Nc4ncc(F)cn4)nc2-3)cc1. The molecule has 11 heteroatoms. The highest BCUT2D eigenvalue weighted by molar-refractivity contribution is 7.16. The van der Waals surface area contributed by atoms with Gasteiger partial charge in [0, 0.05) is 24.4 Å². The molecule has 194 valence electrons. The number of anilines is 3. The standard InChI is InChI=1S/C28H23FN8OS/c1-38-22-7-5-18(6-8-22)17-37-26-23(15-33-37)25-24(39-28(34-25)35-27-31-13-21(29)14-32-27)9-10-36(26)16-20-4-2-3-19(11-20)12-30/h2-8,11,13-15H,9-10,16-17H2,1H3,(H,31,32,34,35). The number of hydrogen-bond acceptors (Lipinski definition) is 9. The van der Waals surface area contributed by atoms with Crippen LogP contribution in [0.5, 0.6) is 5.75 Å². The Kier molecular flexibility index (Phi) is 6.61. The molecule has 5 aromatic rings. The van der Waals surface area contributed by atoms with Gasteiger partial charge in [-0.2, -0.15) is 10.4 Å². The summed E-state index contributed by atoms with van der Waals surface area (Å²) in [5.74, 6) is 1.55. The molecule has 0 atom stereocenters. The molecule has 0 aliphatic carbocycles. The molecule has 0 fully saturated rings. The molecule has 0 radical (unpaired) electrons. The van der Waals surface area contributed by atoms with Crippen molar-refractivity contribution in [3.63, 3.8) is 0 Å². The summed E-state index contributed by atoms with van der Waals surface area (Å²) >= 11 is 1.53. The molecule has 1 N–H and O–H groups in total. The van der Waals surface area contributed by atoms with Crippen molar-refractivity contribution in [3.8, 4) is 23.1 Å². The summed E-state index contributed by atoms with van der Waals surface area (Å²) in [6.07, 6.45) is 4.87. The van der Waals surface area contributed by atoms with Crippen LogP contribution in [-0.2, 0) is 19.5 Å². The van der Waals surface area contributed by atoms with E-state index >= 15 is 0 Å². The van der Waals surface area contributed by atoms with Gasteiger partial charge in [-0.3, -0.25) is 0 Å². The Hall–Kier alpha value is -4.82. The fourth-order valence-corrected chi connectivity index (χ4v) is 5.57. The number of fused-ring (bicyclic) bond motifs is 3. The van der Waals surface area contributed by atoms with Gasteiger partial charge in [-0.1, -0.05) is 24.3 Å². The lowest BCUT2D eigenvalue weighted by molar-refractivity contribution is 0.414. The molecule has 3 aromatic heterocycles. The number of aromatic nitrogens is 5. The van der Waals surface area contributed by atoms with Crippen LogP contribution in [0.15, 0.2) is 67.1 Å². The molecule has 6 rings (SSSR count). The van der Waals surface area contributed by atoms with Crippen molar-refractivity contribution in [1.82, 2.24) is 24.7 Å². The van der Waals surface area contributed by atoms with Gasteiger partial charge in [-0.15, -0.1) is 11.3 Å². The first-order chi connectivity index (χ1) is 19.1. The Balaban J connectivity index is 1.37. The predicted octanol–water partition coefficient (Wildman–Crippen LogP) is 5.17. The van der Waals surface area contributed by atoms with Crippen LogP contribution >= 0.6 is 11.3 Å². The van der Waals surface area contributed by atoms with Gasteiger partial charge in [0.15, 0.2) is 10.9 Å². The molecule has 39 heavy (non-hydrogen) atoms. The first kappa shape index (κ1) is 24.5. The highest BCUT2D eigenvalue weighted by atomic mass is 32.1. The third-order valence-corrected chi connectivity index (χ3v) is 7.46. The van der Waals surface area contributed by atoms with Crippen molar-refractivity contribution in [2.24, 2.45) is 0 Å². The van der Waals surface area contributed by atoms with E-state index in [0.29, 0.717) is 23.8 Å². The number of thiazole rings is 1. The van der Waals surface area contributed by atoms with Crippen LogP contribution in [0.3, 0.4) is 0 Å². The van der Waals surface area contributed by atoms with Gasteiger partial charge in [0.2, 0.25) is 5.95 Å². The Morgan fingerprint density at radius 2 is 1.90 bits per heavy atom. The van der Waals surface area contributed by atoms with Crippen molar-refractivity contribution in [2.75, 3.05) is 23.9 Å². The number of benzene rings is 2. The Bertz CT molecular complexity index is 1660. The minimum Gasteiger partial charge on any atom is -0.497 e. The number of halogens is 1. The molecule has 4 heterocycles. The van der Waals surface area contributed by atoms with E-state index in [0.717, 1.165) is 64.2 Å². The summed E-state index contributed by atoms with van der Waals surface area (Å²) in [5, 5.41) is 17.9. The number of nitrogens with one attached hydrogen (secondary N) is 1. The second kappa shape index (κ2) is 10.5. The van der Waals surface area contributed by atoms with Crippen molar-refractivity contribution in [3.05, 3.63) is 94.5 Å². The third kappa shape index (κ3) is 5.15. The summed E-state index contributed by atoms with van der Waals surface area (Å²) in [6.45, 7) is 1.93. The summed E-state index contributed by atoms with van der Waals surface area (Å²) in [6, 6.07) is 17.9. The monoisotopic (exact) mass is 538 g/mol. The van der Waals surface area contributed by atoms with Gasteiger partial charge in [-0.05, 0) is 35.4 Å². The molecule has 2 aromatic carbocycles. The van der Waals surface area contributed by atoms with E-state index in [2.05, 4.69) is 26.3 Å². The molecule has 9 nitrogen and oxygen atoms in total. The maximum atomic E-state index is 13.3. The van der Waals surface area contributed by atoms with E-state index in [1.54, 1.807) is 7.11 Å². The summed E-state index contributed by atoms with van der Waals surface area (Å²) in [4.78, 5) is 16.3. The van der Waals surface area contributed by atoms with Crippen molar-refractivity contribution >= 4 is 28.2 Å². The van der Waals surface area contributed by atoms with Crippen molar-refractivity contribution < 1.29 is 9.13 Å². The first-order valence-electron chi connectivity index (χ1n) is 12.3. The summed E-state index contributed by atoms with van der Waals surface area (Å²) < 4.78 is 20.6.